The maximum Gasteiger partial charge on any atom is 0.321 e. The number of nitrogens with one attached hydrogen (secondary N) is 2. The van der Waals surface area contributed by atoms with Gasteiger partial charge < -0.3 is 21.1 Å². The van der Waals surface area contributed by atoms with Crippen molar-refractivity contribution < 1.29 is 14.7 Å². The van der Waals surface area contributed by atoms with Gasteiger partial charge in [-0.3, -0.25) is 9.59 Å². The SMILES string of the molecule is CSCC[C@@H](C(=O)O)N(SC(C)C)C1(C)CC(=O)c2c([nH]c(-c3ccnc(N)c3)c2Nc2ccccc2)C1. The molecule has 0 spiro atoms. The molecule has 4 rings (SSSR count). The number of aromatic nitrogens is 2. The van der Waals surface area contributed by atoms with Crippen LogP contribution in [0.15, 0.2) is 48.7 Å². The van der Waals surface area contributed by atoms with Crippen molar-refractivity contribution in [1.82, 2.24) is 14.3 Å². The number of nitrogens with zero attached hydrogens (tertiary/aromatic N) is 2. The second-order valence-corrected chi connectivity index (χ2v) is 12.6. The number of para-hydroxylation sites is 1. The first-order chi connectivity index (χ1) is 18.1. The molecule has 0 saturated carbocycles. The summed E-state index contributed by atoms with van der Waals surface area (Å²) in [5, 5.41) is 13.8. The molecule has 5 N–H and O–H groups in total. The van der Waals surface area contributed by atoms with E-state index in [4.69, 9.17) is 5.73 Å². The van der Waals surface area contributed by atoms with Gasteiger partial charge in [-0.1, -0.05) is 44.0 Å². The number of aromatic amines is 1. The van der Waals surface area contributed by atoms with E-state index in [1.807, 2.05) is 67.7 Å². The first-order valence-corrected chi connectivity index (χ1v) is 14.9. The molecule has 0 bridgehead atoms. The first kappa shape index (κ1) is 28.1. The van der Waals surface area contributed by atoms with Crippen LogP contribution in [0.5, 0.6) is 0 Å². The number of H-pyrrole nitrogens is 1. The maximum atomic E-state index is 13.9. The van der Waals surface area contributed by atoms with E-state index in [-0.39, 0.29) is 17.5 Å². The third-order valence-corrected chi connectivity index (χ3v) is 8.58. The Balaban J connectivity index is 1.81. The topological polar surface area (TPSA) is 124 Å². The highest BCUT2D eigenvalue weighted by atomic mass is 32.2. The molecule has 202 valence electrons. The number of carbonyl (C=O) groups excluding carboxylic acids is 1. The summed E-state index contributed by atoms with van der Waals surface area (Å²) in [5.41, 5.74) is 9.84. The zero-order valence-electron chi connectivity index (χ0n) is 22.2. The van der Waals surface area contributed by atoms with Crippen LogP contribution in [0.1, 0.15) is 49.7 Å². The van der Waals surface area contributed by atoms with Crippen LogP contribution >= 0.6 is 23.7 Å². The number of hydrogen-bond donors (Lipinski definition) is 4. The maximum absolute atomic E-state index is 13.9. The molecule has 0 saturated heterocycles. The van der Waals surface area contributed by atoms with Crippen molar-refractivity contribution in [2.75, 3.05) is 23.1 Å². The summed E-state index contributed by atoms with van der Waals surface area (Å²) >= 11 is 3.14. The van der Waals surface area contributed by atoms with Crippen molar-refractivity contribution in [3.63, 3.8) is 0 Å². The molecule has 1 unspecified atom stereocenters. The number of hydrogen-bond acceptors (Lipinski definition) is 8. The number of nitrogens with two attached hydrogens (primary N) is 1. The first-order valence-electron chi connectivity index (χ1n) is 12.6. The van der Waals surface area contributed by atoms with Crippen molar-refractivity contribution in [3.8, 4) is 11.3 Å². The lowest BCUT2D eigenvalue weighted by Gasteiger charge is -2.45. The Morgan fingerprint density at radius 3 is 2.63 bits per heavy atom. The van der Waals surface area contributed by atoms with E-state index in [2.05, 4.69) is 15.3 Å². The number of benzene rings is 1. The third-order valence-electron chi connectivity index (χ3n) is 6.59. The molecule has 1 aromatic carbocycles. The lowest BCUT2D eigenvalue weighted by Crippen LogP contribution is -2.55. The lowest BCUT2D eigenvalue weighted by molar-refractivity contribution is -0.142. The zero-order chi connectivity index (χ0) is 27.4. The molecule has 10 heteroatoms. The quantitative estimate of drug-likeness (QED) is 0.216. The fourth-order valence-electron chi connectivity index (χ4n) is 5.01. The second kappa shape index (κ2) is 11.8. The molecule has 0 amide bonds. The van der Waals surface area contributed by atoms with Gasteiger partial charge in [-0.2, -0.15) is 11.8 Å². The monoisotopic (exact) mass is 553 g/mol. The van der Waals surface area contributed by atoms with Crippen LogP contribution in [0.25, 0.3) is 11.3 Å². The predicted octanol–water partition coefficient (Wildman–Crippen LogP) is 5.86. The molecule has 8 nitrogen and oxygen atoms in total. The second-order valence-electron chi connectivity index (χ2n) is 10.1. The molecule has 3 aromatic rings. The van der Waals surface area contributed by atoms with Gasteiger partial charge in [0.2, 0.25) is 0 Å². The number of thioether (sulfide) groups is 1. The molecule has 2 heterocycles. The summed E-state index contributed by atoms with van der Waals surface area (Å²) in [4.78, 5) is 34.0. The Hall–Kier alpha value is -2.95. The molecular weight excluding hydrogens is 518 g/mol. The summed E-state index contributed by atoms with van der Waals surface area (Å²) < 4.78 is 1.98. The lowest BCUT2D eigenvalue weighted by atomic mass is 9.80. The largest absolute Gasteiger partial charge is 0.480 e. The highest BCUT2D eigenvalue weighted by Crippen LogP contribution is 2.45. The number of ketones is 1. The summed E-state index contributed by atoms with van der Waals surface area (Å²) in [6, 6.07) is 12.6. The van der Waals surface area contributed by atoms with E-state index < -0.39 is 17.6 Å². The molecule has 2 atom stereocenters. The molecule has 0 fully saturated rings. The molecule has 2 aromatic heterocycles. The van der Waals surface area contributed by atoms with E-state index in [1.54, 1.807) is 24.0 Å². The number of pyridine rings is 1. The van der Waals surface area contributed by atoms with E-state index in [0.717, 1.165) is 28.4 Å². The molecule has 1 aliphatic rings. The minimum absolute atomic E-state index is 0.0277. The highest BCUT2D eigenvalue weighted by Gasteiger charge is 2.47. The molecular formula is C28H35N5O3S2. The van der Waals surface area contributed by atoms with Gasteiger partial charge in [0.05, 0.1) is 16.9 Å². The fraction of sp³-hybridized carbons (Fsp3) is 0.393. The van der Waals surface area contributed by atoms with E-state index in [1.165, 1.54) is 11.9 Å². The normalized spacial score (nSPS) is 18.0. The average molecular weight is 554 g/mol. The standard InChI is InChI=1S/C28H35N5O3S2/c1-17(2)38-33(21(27(35)36)11-13-37-4)28(3)15-20-24(22(34)16-28)26(31-19-8-6-5-7-9-19)25(32-20)18-10-12-30-23(29)14-18/h5-10,12,14,17,21,31-32H,11,13,15-16H2,1-4H3,(H2,29,30)(H,35,36)/t21-,28?/m0/s1. The number of nitrogen functional groups attached to an aromatic ring is 1. The van der Waals surface area contributed by atoms with Crippen molar-refractivity contribution in [1.29, 1.82) is 0 Å². The van der Waals surface area contributed by atoms with Gasteiger partial charge in [0.25, 0.3) is 0 Å². The number of Topliss-reactive ketones (excluding diaryl/α,β-unsaturated/α-hetero) is 1. The van der Waals surface area contributed by atoms with Crippen LogP contribution in [0.4, 0.5) is 17.2 Å². The van der Waals surface area contributed by atoms with Gasteiger partial charge in [0.1, 0.15) is 11.9 Å². The van der Waals surface area contributed by atoms with Gasteiger partial charge in [0.15, 0.2) is 5.78 Å². The molecule has 38 heavy (non-hydrogen) atoms. The summed E-state index contributed by atoms with van der Waals surface area (Å²) in [5.74, 6) is 0.218. The Bertz CT molecular complexity index is 1300. The van der Waals surface area contributed by atoms with Crippen LogP contribution in [0.2, 0.25) is 0 Å². The van der Waals surface area contributed by atoms with Crippen LogP contribution in [0, 0.1) is 0 Å². The molecule has 0 radical (unpaired) electrons. The Morgan fingerprint density at radius 1 is 1.26 bits per heavy atom. The average Bonchev–Trinajstić information content (AvgIpc) is 3.21. The smallest absolute Gasteiger partial charge is 0.321 e. The van der Waals surface area contributed by atoms with Crippen LogP contribution in [-0.4, -0.2) is 60.0 Å². The summed E-state index contributed by atoms with van der Waals surface area (Å²) in [6.07, 6.45) is 4.83. The number of carboxylic acid groups (broad SMARTS) is 1. The van der Waals surface area contributed by atoms with Crippen LogP contribution in [-0.2, 0) is 11.2 Å². The Labute approximate surface area is 232 Å². The van der Waals surface area contributed by atoms with E-state index >= 15 is 0 Å². The van der Waals surface area contributed by atoms with Crippen molar-refractivity contribution in [2.24, 2.45) is 0 Å². The predicted molar refractivity (Wildman–Crippen MR) is 158 cm³/mol. The number of carboxylic acids is 1. The van der Waals surface area contributed by atoms with Gasteiger partial charge in [-0.25, -0.2) is 9.29 Å². The van der Waals surface area contributed by atoms with Crippen molar-refractivity contribution >= 4 is 52.7 Å². The highest BCUT2D eigenvalue weighted by molar-refractivity contribution is 7.98. The Morgan fingerprint density at radius 2 is 2.00 bits per heavy atom. The number of anilines is 3. The third kappa shape index (κ3) is 6.03. The number of aliphatic carboxylic acids is 1. The molecule has 1 aliphatic carbocycles. The number of rotatable bonds is 11. The Kier molecular flexibility index (Phi) is 8.74. The van der Waals surface area contributed by atoms with Crippen LogP contribution < -0.4 is 11.1 Å². The number of carbonyl (C=O) groups is 2. The van der Waals surface area contributed by atoms with Crippen molar-refractivity contribution in [3.05, 3.63) is 59.9 Å². The minimum Gasteiger partial charge on any atom is -0.480 e. The van der Waals surface area contributed by atoms with Crippen LogP contribution in [0.3, 0.4) is 0 Å². The van der Waals surface area contributed by atoms with Crippen molar-refractivity contribution in [2.45, 2.75) is 56.9 Å². The summed E-state index contributed by atoms with van der Waals surface area (Å²) in [6.45, 7) is 6.10. The van der Waals surface area contributed by atoms with Gasteiger partial charge >= 0.3 is 5.97 Å². The number of fused-ring (bicyclic) bond motifs is 1. The van der Waals surface area contributed by atoms with Gasteiger partial charge in [0, 0.05) is 46.8 Å². The van der Waals surface area contributed by atoms with Gasteiger partial charge in [-0.15, -0.1) is 0 Å². The van der Waals surface area contributed by atoms with E-state index in [0.29, 0.717) is 29.9 Å². The van der Waals surface area contributed by atoms with Gasteiger partial charge in [-0.05, 0) is 49.6 Å². The summed E-state index contributed by atoms with van der Waals surface area (Å²) in [7, 11) is 0. The minimum atomic E-state index is -0.863. The van der Waals surface area contributed by atoms with E-state index in [9.17, 15) is 14.7 Å². The fourth-order valence-corrected chi connectivity index (χ4v) is 6.65. The molecule has 0 aliphatic heterocycles. The zero-order valence-corrected chi connectivity index (χ0v) is 23.8.